The Balaban J connectivity index is 4.32. The minimum atomic E-state index is -0.795. The third-order valence-corrected chi connectivity index (χ3v) is 13.2. The molecular formula is C65H114O6. The molecule has 1 atom stereocenters. The van der Waals surface area contributed by atoms with Crippen LogP contribution in [0.5, 0.6) is 0 Å². The molecule has 0 rings (SSSR count). The van der Waals surface area contributed by atoms with Crippen LogP contribution in [0.4, 0.5) is 0 Å². The summed E-state index contributed by atoms with van der Waals surface area (Å²) in [4.78, 5) is 38.1. The number of hydrogen-bond acceptors (Lipinski definition) is 6. The standard InChI is InChI=1S/C65H114O6/c1-4-7-10-13-16-19-22-24-26-28-30-32-34-35-37-39-41-43-46-49-52-55-58-64(67)70-61-62(60-69-63(66)57-54-51-48-45-21-18-15-12-9-6-3)71-65(68)59-56-53-50-47-44-42-40-38-36-33-31-29-27-25-23-20-17-14-11-8-5-2/h8,11,17,20,25,27,31,33,38,40,44,47,62H,4-7,9-10,12-16,18-19,21-24,26,28-30,32,34-37,39,41-43,45-46,48-61H2,1-3H3/b11-8-,20-17-,27-25-,33-31-,40-38-,47-44-. The molecule has 0 bridgehead atoms. The van der Waals surface area contributed by atoms with E-state index in [0.717, 1.165) is 89.9 Å². The van der Waals surface area contributed by atoms with Crippen LogP contribution in [0.25, 0.3) is 0 Å². The Morgan fingerprint density at radius 3 is 0.859 bits per heavy atom. The molecule has 1 unspecified atom stereocenters. The van der Waals surface area contributed by atoms with E-state index in [-0.39, 0.29) is 37.5 Å². The molecule has 0 amide bonds. The van der Waals surface area contributed by atoms with Gasteiger partial charge >= 0.3 is 17.9 Å². The number of rotatable bonds is 55. The van der Waals surface area contributed by atoms with Gasteiger partial charge in [0.15, 0.2) is 6.10 Å². The molecule has 0 aromatic carbocycles. The predicted molar refractivity (Wildman–Crippen MR) is 307 cm³/mol. The number of carbonyl (C=O) groups excluding carboxylic acids is 3. The Morgan fingerprint density at radius 2 is 0.549 bits per heavy atom. The van der Waals surface area contributed by atoms with Gasteiger partial charge in [-0.2, -0.15) is 0 Å². The molecule has 0 radical (unpaired) electrons. The maximum atomic E-state index is 12.8. The van der Waals surface area contributed by atoms with Crippen LogP contribution in [0.15, 0.2) is 72.9 Å². The fourth-order valence-corrected chi connectivity index (χ4v) is 8.68. The molecule has 0 saturated heterocycles. The van der Waals surface area contributed by atoms with Gasteiger partial charge in [0.25, 0.3) is 0 Å². The van der Waals surface area contributed by atoms with Crippen LogP contribution in [-0.4, -0.2) is 37.2 Å². The third-order valence-electron chi connectivity index (χ3n) is 13.2. The number of esters is 3. The molecule has 71 heavy (non-hydrogen) atoms. The fraction of sp³-hybridized carbons (Fsp3) is 0.769. The van der Waals surface area contributed by atoms with E-state index in [1.165, 1.54) is 167 Å². The third kappa shape index (κ3) is 57.6. The Morgan fingerprint density at radius 1 is 0.296 bits per heavy atom. The first-order valence-electron chi connectivity index (χ1n) is 30.4. The molecule has 0 aromatic rings. The lowest BCUT2D eigenvalue weighted by atomic mass is 10.0. The van der Waals surface area contributed by atoms with E-state index in [9.17, 15) is 14.4 Å². The zero-order chi connectivity index (χ0) is 51.4. The molecule has 0 fully saturated rings. The maximum Gasteiger partial charge on any atom is 0.306 e. The molecule has 0 aliphatic heterocycles. The lowest BCUT2D eigenvalue weighted by Gasteiger charge is -2.18. The minimum absolute atomic E-state index is 0.0893. The summed E-state index contributed by atoms with van der Waals surface area (Å²) in [5.41, 5.74) is 0. The zero-order valence-corrected chi connectivity index (χ0v) is 47.0. The van der Waals surface area contributed by atoms with Crippen LogP contribution in [0.2, 0.25) is 0 Å². The van der Waals surface area contributed by atoms with Crippen LogP contribution in [0.1, 0.15) is 303 Å². The molecule has 0 N–H and O–H groups in total. The fourth-order valence-electron chi connectivity index (χ4n) is 8.68. The second-order valence-corrected chi connectivity index (χ2v) is 20.2. The first-order chi connectivity index (χ1) is 35.0. The van der Waals surface area contributed by atoms with Crippen molar-refractivity contribution in [1.29, 1.82) is 0 Å². The molecule has 0 heterocycles. The van der Waals surface area contributed by atoms with Crippen molar-refractivity contribution in [1.82, 2.24) is 0 Å². The second-order valence-electron chi connectivity index (χ2n) is 20.2. The molecule has 410 valence electrons. The van der Waals surface area contributed by atoms with Crippen molar-refractivity contribution in [3.05, 3.63) is 72.9 Å². The summed E-state index contributed by atoms with van der Waals surface area (Å²) in [5.74, 6) is -0.922. The molecule has 0 saturated carbocycles. The molecule has 0 aliphatic carbocycles. The Hall–Kier alpha value is -3.15. The summed E-state index contributed by atoms with van der Waals surface area (Å²) >= 11 is 0. The summed E-state index contributed by atoms with van der Waals surface area (Å²) in [6, 6.07) is 0. The predicted octanol–water partition coefficient (Wildman–Crippen LogP) is 20.5. The van der Waals surface area contributed by atoms with Crippen molar-refractivity contribution in [3.63, 3.8) is 0 Å². The van der Waals surface area contributed by atoms with Crippen molar-refractivity contribution < 1.29 is 28.6 Å². The highest BCUT2D eigenvalue weighted by molar-refractivity contribution is 5.71. The van der Waals surface area contributed by atoms with E-state index in [0.29, 0.717) is 19.3 Å². The quantitative estimate of drug-likeness (QED) is 0.0261. The SMILES string of the molecule is CC/C=C\C/C=C\C/C=C\C/C=C\C/C=C\C/C=C\CCCCC(=O)OC(COC(=O)CCCCCCCCCCCC)COC(=O)CCCCCCCCCCCCCCCCCCCCCCCC. The molecule has 6 heteroatoms. The number of hydrogen-bond donors (Lipinski definition) is 0. The first-order valence-corrected chi connectivity index (χ1v) is 30.4. The van der Waals surface area contributed by atoms with Gasteiger partial charge in [-0.1, -0.05) is 286 Å². The van der Waals surface area contributed by atoms with E-state index in [2.05, 4.69) is 93.7 Å². The lowest BCUT2D eigenvalue weighted by molar-refractivity contribution is -0.167. The van der Waals surface area contributed by atoms with E-state index < -0.39 is 6.10 Å². The van der Waals surface area contributed by atoms with E-state index >= 15 is 0 Å². The van der Waals surface area contributed by atoms with E-state index in [4.69, 9.17) is 14.2 Å². The van der Waals surface area contributed by atoms with Crippen LogP contribution in [-0.2, 0) is 28.6 Å². The van der Waals surface area contributed by atoms with Crippen molar-refractivity contribution in [2.75, 3.05) is 13.2 Å². The van der Waals surface area contributed by atoms with Gasteiger partial charge in [0.1, 0.15) is 13.2 Å². The number of ether oxygens (including phenoxy) is 3. The summed E-state index contributed by atoms with van der Waals surface area (Å²) in [7, 11) is 0. The summed E-state index contributed by atoms with van der Waals surface area (Å²) < 4.78 is 16.8. The van der Waals surface area contributed by atoms with Gasteiger partial charge in [-0.3, -0.25) is 14.4 Å². The highest BCUT2D eigenvalue weighted by atomic mass is 16.6. The smallest absolute Gasteiger partial charge is 0.306 e. The van der Waals surface area contributed by atoms with Crippen molar-refractivity contribution in [3.8, 4) is 0 Å². The van der Waals surface area contributed by atoms with Crippen LogP contribution in [0, 0.1) is 0 Å². The topological polar surface area (TPSA) is 78.9 Å². The Bertz CT molecular complexity index is 1320. The number of allylic oxidation sites excluding steroid dienone is 12. The zero-order valence-electron chi connectivity index (χ0n) is 47.0. The average molecular weight is 992 g/mol. The Labute approximate surface area is 440 Å². The second kappa shape index (κ2) is 59.4. The van der Waals surface area contributed by atoms with E-state index in [1.54, 1.807) is 0 Å². The highest BCUT2D eigenvalue weighted by Crippen LogP contribution is 2.17. The van der Waals surface area contributed by atoms with Gasteiger partial charge in [-0.15, -0.1) is 0 Å². The molecular weight excluding hydrogens is 877 g/mol. The van der Waals surface area contributed by atoms with Gasteiger partial charge in [0.2, 0.25) is 0 Å². The van der Waals surface area contributed by atoms with Crippen molar-refractivity contribution >= 4 is 17.9 Å². The summed E-state index contributed by atoms with van der Waals surface area (Å²) in [6.45, 7) is 6.51. The highest BCUT2D eigenvalue weighted by Gasteiger charge is 2.19. The molecule has 0 spiro atoms. The Kier molecular flexibility index (Phi) is 56.8. The summed E-state index contributed by atoms with van der Waals surface area (Å²) in [6.07, 6.45) is 76.3. The van der Waals surface area contributed by atoms with E-state index in [1.807, 2.05) is 0 Å². The number of unbranched alkanes of at least 4 members (excludes halogenated alkanes) is 32. The van der Waals surface area contributed by atoms with Crippen LogP contribution >= 0.6 is 0 Å². The van der Waals surface area contributed by atoms with Gasteiger partial charge in [-0.05, 0) is 70.6 Å². The van der Waals surface area contributed by atoms with Crippen LogP contribution < -0.4 is 0 Å². The number of carbonyl (C=O) groups is 3. The maximum absolute atomic E-state index is 12.8. The van der Waals surface area contributed by atoms with Crippen LogP contribution in [0.3, 0.4) is 0 Å². The van der Waals surface area contributed by atoms with Crippen molar-refractivity contribution in [2.45, 2.75) is 309 Å². The monoisotopic (exact) mass is 991 g/mol. The van der Waals surface area contributed by atoms with Gasteiger partial charge in [0.05, 0.1) is 0 Å². The first kappa shape index (κ1) is 67.8. The average Bonchev–Trinajstić information content (AvgIpc) is 3.37. The van der Waals surface area contributed by atoms with Gasteiger partial charge in [0, 0.05) is 19.3 Å². The van der Waals surface area contributed by atoms with Gasteiger partial charge < -0.3 is 14.2 Å². The van der Waals surface area contributed by atoms with Crippen molar-refractivity contribution in [2.24, 2.45) is 0 Å². The molecule has 6 nitrogen and oxygen atoms in total. The lowest BCUT2D eigenvalue weighted by Crippen LogP contribution is -2.30. The normalized spacial score (nSPS) is 12.5. The summed E-state index contributed by atoms with van der Waals surface area (Å²) in [5, 5.41) is 0. The van der Waals surface area contributed by atoms with Gasteiger partial charge in [-0.25, -0.2) is 0 Å². The minimum Gasteiger partial charge on any atom is -0.462 e. The largest absolute Gasteiger partial charge is 0.462 e. The molecule has 0 aliphatic rings. The molecule has 0 aromatic heterocycles.